The Morgan fingerprint density at radius 2 is 2.20 bits per heavy atom. The molecular formula is C12H17N3. The van der Waals surface area contributed by atoms with Crippen molar-refractivity contribution < 1.29 is 0 Å². The first-order valence-corrected chi connectivity index (χ1v) is 5.02. The Balaban J connectivity index is 2.73. The van der Waals surface area contributed by atoms with Crippen LogP contribution in [0.5, 0.6) is 0 Å². The van der Waals surface area contributed by atoms with Crippen molar-refractivity contribution in [2.75, 3.05) is 13.6 Å². The molecule has 0 aliphatic carbocycles. The van der Waals surface area contributed by atoms with Crippen molar-refractivity contribution in [3.63, 3.8) is 0 Å². The lowest BCUT2D eigenvalue weighted by Gasteiger charge is -2.07. The minimum Gasteiger partial charge on any atom is -0.282 e. The molecule has 0 N–H and O–H groups in total. The summed E-state index contributed by atoms with van der Waals surface area (Å²) in [5.74, 6) is 0. The summed E-state index contributed by atoms with van der Waals surface area (Å²) < 4.78 is 0. The molecule has 15 heavy (non-hydrogen) atoms. The largest absolute Gasteiger partial charge is 0.282 e. The SMILES string of the molecule is C=C(N=NN(C)CC)c1cccc(C)c1. The van der Waals surface area contributed by atoms with E-state index in [0.717, 1.165) is 12.1 Å². The molecule has 1 aromatic carbocycles. The summed E-state index contributed by atoms with van der Waals surface area (Å²) in [4.78, 5) is 0. The standard InChI is InChI=1S/C12H17N3/c1-5-15(4)14-13-11(3)12-8-6-7-10(2)9-12/h6-9H,3,5H2,1-2,4H3. The molecule has 0 amide bonds. The molecule has 0 aromatic heterocycles. The lowest BCUT2D eigenvalue weighted by Crippen LogP contribution is -2.07. The fraction of sp³-hybridized carbons (Fsp3) is 0.333. The number of hydrogen-bond acceptors (Lipinski definition) is 2. The highest BCUT2D eigenvalue weighted by atomic mass is 15.5. The normalized spacial score (nSPS) is 10.6. The maximum absolute atomic E-state index is 4.06. The van der Waals surface area contributed by atoms with E-state index in [2.05, 4.69) is 16.9 Å². The van der Waals surface area contributed by atoms with Crippen molar-refractivity contribution >= 4 is 5.70 Å². The van der Waals surface area contributed by atoms with E-state index in [9.17, 15) is 0 Å². The Labute approximate surface area is 91.1 Å². The highest BCUT2D eigenvalue weighted by molar-refractivity contribution is 5.62. The molecule has 1 rings (SSSR count). The molecule has 3 nitrogen and oxygen atoms in total. The van der Waals surface area contributed by atoms with Crippen molar-refractivity contribution in [3.05, 3.63) is 42.0 Å². The Bertz CT molecular complexity index is 369. The first-order chi connectivity index (χ1) is 7.13. The second-order valence-corrected chi connectivity index (χ2v) is 3.48. The van der Waals surface area contributed by atoms with E-state index in [4.69, 9.17) is 0 Å². The Morgan fingerprint density at radius 3 is 2.80 bits per heavy atom. The van der Waals surface area contributed by atoms with Crippen LogP contribution in [0.15, 0.2) is 41.2 Å². The van der Waals surface area contributed by atoms with Gasteiger partial charge in [0, 0.05) is 19.2 Å². The van der Waals surface area contributed by atoms with Gasteiger partial charge in [0.2, 0.25) is 0 Å². The molecule has 3 heteroatoms. The van der Waals surface area contributed by atoms with Crippen LogP contribution in [-0.2, 0) is 0 Å². The third kappa shape index (κ3) is 3.54. The molecule has 0 bridgehead atoms. The third-order valence-electron chi connectivity index (χ3n) is 2.13. The van der Waals surface area contributed by atoms with Crippen molar-refractivity contribution in [2.45, 2.75) is 13.8 Å². The van der Waals surface area contributed by atoms with E-state index in [0.29, 0.717) is 5.70 Å². The van der Waals surface area contributed by atoms with E-state index < -0.39 is 0 Å². The van der Waals surface area contributed by atoms with E-state index >= 15 is 0 Å². The molecule has 0 heterocycles. The molecule has 0 atom stereocenters. The van der Waals surface area contributed by atoms with Gasteiger partial charge in [0.15, 0.2) is 0 Å². The first kappa shape index (κ1) is 11.4. The highest BCUT2D eigenvalue weighted by Gasteiger charge is 1.97. The lowest BCUT2D eigenvalue weighted by atomic mass is 10.1. The van der Waals surface area contributed by atoms with Crippen LogP contribution in [-0.4, -0.2) is 18.6 Å². The Morgan fingerprint density at radius 1 is 1.47 bits per heavy atom. The van der Waals surface area contributed by atoms with Gasteiger partial charge < -0.3 is 0 Å². The maximum atomic E-state index is 4.06. The highest BCUT2D eigenvalue weighted by Crippen LogP contribution is 2.15. The molecule has 0 aliphatic rings. The molecule has 0 spiro atoms. The van der Waals surface area contributed by atoms with Crippen molar-refractivity contribution in [1.82, 2.24) is 5.01 Å². The van der Waals surface area contributed by atoms with Gasteiger partial charge in [-0.1, -0.05) is 35.6 Å². The number of nitrogens with zero attached hydrogens (tertiary/aromatic N) is 3. The smallest absolute Gasteiger partial charge is 0.0874 e. The van der Waals surface area contributed by atoms with Gasteiger partial charge in [-0.3, -0.25) is 5.01 Å². The summed E-state index contributed by atoms with van der Waals surface area (Å²) in [5.41, 5.74) is 2.91. The van der Waals surface area contributed by atoms with E-state index in [-0.39, 0.29) is 0 Å². The van der Waals surface area contributed by atoms with Gasteiger partial charge in [0.1, 0.15) is 0 Å². The zero-order valence-electron chi connectivity index (χ0n) is 9.57. The Hall–Kier alpha value is -1.64. The molecule has 0 saturated heterocycles. The molecule has 0 fully saturated rings. The maximum Gasteiger partial charge on any atom is 0.0874 e. The van der Waals surface area contributed by atoms with Crippen LogP contribution in [0.4, 0.5) is 0 Å². The van der Waals surface area contributed by atoms with Crippen molar-refractivity contribution in [3.8, 4) is 0 Å². The van der Waals surface area contributed by atoms with E-state index in [1.54, 1.807) is 5.01 Å². The fourth-order valence-corrected chi connectivity index (χ4v) is 1.08. The Kier molecular flexibility index (Phi) is 4.03. The van der Waals surface area contributed by atoms with E-state index in [1.165, 1.54) is 5.56 Å². The van der Waals surface area contributed by atoms with Gasteiger partial charge in [-0.2, -0.15) is 0 Å². The predicted octanol–water partition coefficient (Wildman–Crippen LogP) is 3.28. The number of aryl methyl sites for hydroxylation is 1. The predicted molar refractivity (Wildman–Crippen MR) is 63.4 cm³/mol. The summed E-state index contributed by atoms with van der Waals surface area (Å²) in [6.07, 6.45) is 0. The van der Waals surface area contributed by atoms with Crippen LogP contribution in [0.1, 0.15) is 18.1 Å². The second-order valence-electron chi connectivity index (χ2n) is 3.48. The molecule has 0 saturated carbocycles. The van der Waals surface area contributed by atoms with Crippen LogP contribution in [0.25, 0.3) is 5.70 Å². The quantitative estimate of drug-likeness (QED) is 0.545. The summed E-state index contributed by atoms with van der Waals surface area (Å²) in [6.45, 7) is 8.79. The van der Waals surface area contributed by atoms with Crippen LogP contribution in [0.3, 0.4) is 0 Å². The van der Waals surface area contributed by atoms with Gasteiger partial charge in [0.25, 0.3) is 0 Å². The minimum atomic E-state index is 0.694. The lowest BCUT2D eigenvalue weighted by molar-refractivity contribution is 0.351. The molecule has 0 aliphatic heterocycles. The van der Waals surface area contributed by atoms with E-state index in [1.807, 2.05) is 45.2 Å². The zero-order valence-corrected chi connectivity index (χ0v) is 9.57. The van der Waals surface area contributed by atoms with Gasteiger partial charge in [-0.25, -0.2) is 0 Å². The van der Waals surface area contributed by atoms with Crippen LogP contribution in [0, 0.1) is 6.92 Å². The summed E-state index contributed by atoms with van der Waals surface area (Å²) >= 11 is 0. The zero-order chi connectivity index (χ0) is 11.3. The molecule has 80 valence electrons. The summed E-state index contributed by atoms with van der Waals surface area (Å²) in [5, 5.41) is 9.83. The molecular weight excluding hydrogens is 186 g/mol. The minimum absolute atomic E-state index is 0.694. The average molecular weight is 203 g/mol. The van der Waals surface area contributed by atoms with Crippen LogP contribution >= 0.6 is 0 Å². The third-order valence-corrected chi connectivity index (χ3v) is 2.13. The fourth-order valence-electron chi connectivity index (χ4n) is 1.08. The van der Waals surface area contributed by atoms with Crippen LogP contribution in [0.2, 0.25) is 0 Å². The monoisotopic (exact) mass is 203 g/mol. The van der Waals surface area contributed by atoms with Crippen molar-refractivity contribution in [2.24, 2.45) is 10.3 Å². The second kappa shape index (κ2) is 5.29. The van der Waals surface area contributed by atoms with Crippen molar-refractivity contribution in [1.29, 1.82) is 0 Å². The number of benzene rings is 1. The van der Waals surface area contributed by atoms with Gasteiger partial charge in [-0.05, 0) is 19.9 Å². The van der Waals surface area contributed by atoms with Gasteiger partial charge >= 0.3 is 0 Å². The topological polar surface area (TPSA) is 28.0 Å². The number of hydrogen-bond donors (Lipinski definition) is 0. The summed E-state index contributed by atoms with van der Waals surface area (Å²) in [7, 11) is 1.88. The first-order valence-electron chi connectivity index (χ1n) is 5.02. The summed E-state index contributed by atoms with van der Waals surface area (Å²) in [6, 6.07) is 8.08. The molecule has 0 unspecified atom stereocenters. The average Bonchev–Trinajstić information content (AvgIpc) is 2.25. The molecule has 1 aromatic rings. The van der Waals surface area contributed by atoms with Crippen LogP contribution < -0.4 is 0 Å². The van der Waals surface area contributed by atoms with Gasteiger partial charge in [0.05, 0.1) is 5.70 Å². The number of rotatable bonds is 4. The molecule has 0 radical (unpaired) electrons. The van der Waals surface area contributed by atoms with Gasteiger partial charge in [-0.15, -0.1) is 5.11 Å².